The summed E-state index contributed by atoms with van der Waals surface area (Å²) >= 11 is 0. The molecule has 1 rings (SSSR count). The molecule has 0 unspecified atom stereocenters. The predicted molar refractivity (Wildman–Crippen MR) is 62.3 cm³/mol. The van der Waals surface area contributed by atoms with Crippen LogP contribution in [0.1, 0.15) is 25.7 Å². The van der Waals surface area contributed by atoms with Gasteiger partial charge in [0.2, 0.25) is 5.91 Å². The molecule has 0 aromatic heterocycles. The molecule has 0 saturated carbocycles. The smallest absolute Gasteiger partial charge is 0.224 e. The van der Waals surface area contributed by atoms with Crippen LogP contribution in [0, 0.1) is 11.3 Å². The lowest BCUT2D eigenvalue weighted by molar-refractivity contribution is -0.131. The largest absolute Gasteiger partial charge is 0.381 e. The summed E-state index contributed by atoms with van der Waals surface area (Å²) in [6.45, 7) is 2.45. The molecular formula is C12H20N2O3. The van der Waals surface area contributed by atoms with E-state index in [1.54, 1.807) is 11.9 Å². The Balaban J connectivity index is 2.08. The topological polar surface area (TPSA) is 62.6 Å². The summed E-state index contributed by atoms with van der Waals surface area (Å²) in [6.07, 6.45) is 2.83. The van der Waals surface area contributed by atoms with E-state index >= 15 is 0 Å². The van der Waals surface area contributed by atoms with Crippen molar-refractivity contribution >= 4 is 5.91 Å². The normalized spacial score (nSPS) is 16.5. The summed E-state index contributed by atoms with van der Waals surface area (Å²) in [7, 11) is 1.72. The summed E-state index contributed by atoms with van der Waals surface area (Å²) in [5.74, 6) is 0.0345. The Labute approximate surface area is 102 Å². The molecule has 0 bridgehead atoms. The van der Waals surface area contributed by atoms with E-state index in [9.17, 15) is 4.79 Å². The van der Waals surface area contributed by atoms with Crippen LogP contribution in [0.2, 0.25) is 0 Å². The number of nitriles is 1. The Morgan fingerprint density at radius 3 is 2.88 bits per heavy atom. The molecule has 96 valence electrons. The van der Waals surface area contributed by atoms with Crippen molar-refractivity contribution in [2.24, 2.45) is 0 Å². The van der Waals surface area contributed by atoms with Gasteiger partial charge in [-0.1, -0.05) is 0 Å². The molecule has 0 aliphatic carbocycles. The van der Waals surface area contributed by atoms with Crippen molar-refractivity contribution in [3.63, 3.8) is 0 Å². The molecule has 1 heterocycles. The van der Waals surface area contributed by atoms with Crippen LogP contribution in [0.15, 0.2) is 0 Å². The third-order valence-corrected chi connectivity index (χ3v) is 2.82. The van der Waals surface area contributed by atoms with E-state index in [-0.39, 0.29) is 12.0 Å². The third kappa shape index (κ3) is 5.66. The summed E-state index contributed by atoms with van der Waals surface area (Å²) in [5, 5.41) is 8.42. The lowest BCUT2D eigenvalue weighted by Gasteiger charge is -2.23. The van der Waals surface area contributed by atoms with Gasteiger partial charge in [-0.3, -0.25) is 4.79 Å². The third-order valence-electron chi connectivity index (χ3n) is 2.82. The van der Waals surface area contributed by atoms with Gasteiger partial charge in [0, 0.05) is 26.8 Å². The van der Waals surface area contributed by atoms with E-state index in [1.165, 1.54) is 0 Å². The second-order valence-corrected chi connectivity index (χ2v) is 4.16. The van der Waals surface area contributed by atoms with Crippen LogP contribution in [-0.2, 0) is 14.3 Å². The highest BCUT2D eigenvalue weighted by atomic mass is 16.5. The van der Waals surface area contributed by atoms with Crippen LogP contribution in [0.4, 0.5) is 0 Å². The van der Waals surface area contributed by atoms with Gasteiger partial charge in [0.1, 0.15) is 0 Å². The average Bonchev–Trinajstić information content (AvgIpc) is 2.37. The fraction of sp³-hybridized carbons (Fsp3) is 0.833. The number of carbonyl (C=O) groups is 1. The molecular weight excluding hydrogens is 220 g/mol. The average molecular weight is 240 g/mol. The predicted octanol–water partition coefficient (Wildman–Crippen LogP) is 0.944. The molecule has 17 heavy (non-hydrogen) atoms. The summed E-state index contributed by atoms with van der Waals surface area (Å²) in [4.78, 5) is 13.2. The van der Waals surface area contributed by atoms with Crippen LogP contribution in [0.3, 0.4) is 0 Å². The Hall–Kier alpha value is -1.12. The number of hydrogen-bond donors (Lipinski definition) is 0. The minimum absolute atomic E-state index is 0.0345. The molecule has 0 radical (unpaired) electrons. The Bertz CT molecular complexity index is 269. The second kappa shape index (κ2) is 8.04. The molecule has 0 atom stereocenters. The molecule has 0 N–H and O–H groups in total. The SMILES string of the molecule is CN(CCC#N)C(=O)CCOC1CCOCC1. The Kier molecular flexibility index (Phi) is 6.60. The Morgan fingerprint density at radius 2 is 2.24 bits per heavy atom. The van der Waals surface area contributed by atoms with Gasteiger partial charge in [0.25, 0.3) is 0 Å². The summed E-state index contributed by atoms with van der Waals surface area (Å²) < 4.78 is 10.8. The van der Waals surface area contributed by atoms with Crippen LogP contribution >= 0.6 is 0 Å². The van der Waals surface area contributed by atoms with Crippen molar-refractivity contribution < 1.29 is 14.3 Å². The number of ether oxygens (including phenoxy) is 2. The van der Waals surface area contributed by atoms with Crippen molar-refractivity contribution in [1.29, 1.82) is 5.26 Å². The number of amides is 1. The summed E-state index contributed by atoms with van der Waals surface area (Å²) in [6, 6.07) is 2.02. The van der Waals surface area contributed by atoms with Crippen molar-refractivity contribution in [2.75, 3.05) is 33.4 Å². The van der Waals surface area contributed by atoms with E-state index < -0.39 is 0 Å². The van der Waals surface area contributed by atoms with Crippen LogP contribution in [0.5, 0.6) is 0 Å². The van der Waals surface area contributed by atoms with Crippen LogP contribution in [0.25, 0.3) is 0 Å². The number of nitrogens with zero attached hydrogens (tertiary/aromatic N) is 2. The highest BCUT2D eigenvalue weighted by Gasteiger charge is 2.15. The minimum Gasteiger partial charge on any atom is -0.381 e. The molecule has 0 spiro atoms. The molecule has 1 fully saturated rings. The maximum Gasteiger partial charge on any atom is 0.224 e. The number of rotatable bonds is 6. The minimum atomic E-state index is 0.0345. The highest BCUT2D eigenvalue weighted by Crippen LogP contribution is 2.10. The van der Waals surface area contributed by atoms with Gasteiger partial charge in [-0.25, -0.2) is 0 Å². The molecule has 0 aromatic rings. The standard InChI is InChI=1S/C12H20N2O3/c1-14(7-2-6-13)12(15)5-10-17-11-3-8-16-9-4-11/h11H,2-5,7-10H2,1H3. The van der Waals surface area contributed by atoms with E-state index in [0.29, 0.717) is 26.0 Å². The highest BCUT2D eigenvalue weighted by molar-refractivity contribution is 5.75. The van der Waals surface area contributed by atoms with Gasteiger partial charge in [-0.2, -0.15) is 5.26 Å². The fourth-order valence-electron chi connectivity index (χ4n) is 1.69. The van der Waals surface area contributed by atoms with Gasteiger partial charge >= 0.3 is 0 Å². The van der Waals surface area contributed by atoms with Crippen LogP contribution in [-0.4, -0.2) is 50.3 Å². The van der Waals surface area contributed by atoms with Gasteiger partial charge in [-0.05, 0) is 12.8 Å². The zero-order chi connectivity index (χ0) is 12.5. The fourth-order valence-corrected chi connectivity index (χ4v) is 1.69. The molecule has 1 aliphatic rings. The van der Waals surface area contributed by atoms with Gasteiger partial charge < -0.3 is 14.4 Å². The number of carbonyl (C=O) groups excluding carboxylic acids is 1. The maximum atomic E-state index is 11.6. The number of hydrogen-bond acceptors (Lipinski definition) is 4. The lowest BCUT2D eigenvalue weighted by Crippen LogP contribution is -2.30. The first-order chi connectivity index (χ1) is 8.24. The quantitative estimate of drug-likeness (QED) is 0.693. The molecule has 0 aromatic carbocycles. The first kappa shape index (κ1) is 13.9. The molecule has 5 nitrogen and oxygen atoms in total. The van der Waals surface area contributed by atoms with Crippen molar-refractivity contribution in [3.8, 4) is 6.07 Å². The molecule has 5 heteroatoms. The summed E-state index contributed by atoms with van der Waals surface area (Å²) in [5.41, 5.74) is 0. The van der Waals surface area contributed by atoms with E-state index in [0.717, 1.165) is 26.1 Å². The van der Waals surface area contributed by atoms with E-state index in [1.807, 2.05) is 6.07 Å². The van der Waals surface area contributed by atoms with Gasteiger partial charge in [0.05, 0.1) is 31.6 Å². The van der Waals surface area contributed by atoms with Crippen LogP contribution < -0.4 is 0 Å². The first-order valence-electron chi connectivity index (χ1n) is 6.04. The van der Waals surface area contributed by atoms with Crippen molar-refractivity contribution in [2.45, 2.75) is 31.8 Å². The zero-order valence-electron chi connectivity index (χ0n) is 10.4. The van der Waals surface area contributed by atoms with Gasteiger partial charge in [-0.15, -0.1) is 0 Å². The van der Waals surface area contributed by atoms with E-state index in [4.69, 9.17) is 14.7 Å². The molecule has 1 amide bonds. The van der Waals surface area contributed by atoms with Gasteiger partial charge in [0.15, 0.2) is 0 Å². The van der Waals surface area contributed by atoms with E-state index in [2.05, 4.69) is 0 Å². The lowest BCUT2D eigenvalue weighted by atomic mass is 10.1. The monoisotopic (exact) mass is 240 g/mol. The maximum absolute atomic E-state index is 11.6. The molecule has 1 aliphatic heterocycles. The zero-order valence-corrected chi connectivity index (χ0v) is 10.4. The second-order valence-electron chi connectivity index (χ2n) is 4.16. The molecule has 1 saturated heterocycles. The van der Waals surface area contributed by atoms with Crippen molar-refractivity contribution in [1.82, 2.24) is 4.90 Å². The van der Waals surface area contributed by atoms with Crippen molar-refractivity contribution in [3.05, 3.63) is 0 Å². The Morgan fingerprint density at radius 1 is 1.53 bits per heavy atom. The first-order valence-corrected chi connectivity index (χ1v) is 6.04.